The first-order valence-electron chi connectivity index (χ1n) is 6.92. The molecule has 3 nitrogen and oxygen atoms in total. The minimum Gasteiger partial charge on any atom is -0.350 e. The molecule has 0 bridgehead atoms. The highest BCUT2D eigenvalue weighted by molar-refractivity contribution is 9.09. The van der Waals surface area contributed by atoms with Crippen LogP contribution in [0.3, 0.4) is 0 Å². The van der Waals surface area contributed by atoms with E-state index in [1.165, 1.54) is 12.8 Å². The van der Waals surface area contributed by atoms with Crippen LogP contribution >= 0.6 is 15.9 Å². The monoisotopic (exact) mass is 332 g/mol. The fourth-order valence-corrected chi connectivity index (χ4v) is 3.28. The number of nitrogens with zero attached hydrogens (tertiary/aromatic N) is 1. The molecule has 0 spiro atoms. The molecule has 104 valence electrons. The van der Waals surface area contributed by atoms with Crippen LogP contribution in [0, 0.1) is 5.41 Å². The number of pyridine rings is 1. The predicted molar refractivity (Wildman–Crippen MR) is 84.2 cm³/mol. The molecule has 1 saturated carbocycles. The summed E-state index contributed by atoms with van der Waals surface area (Å²) in [6, 6.07) is 11.6. The van der Waals surface area contributed by atoms with Crippen molar-refractivity contribution in [3.63, 3.8) is 0 Å². The Hall–Kier alpha value is -1.42. The highest BCUT2D eigenvalue weighted by Crippen LogP contribution is 2.48. The number of fused-ring (bicyclic) bond motifs is 1. The van der Waals surface area contributed by atoms with Crippen molar-refractivity contribution in [2.75, 3.05) is 11.9 Å². The van der Waals surface area contributed by atoms with E-state index in [2.05, 4.69) is 26.2 Å². The summed E-state index contributed by atoms with van der Waals surface area (Å²) in [5.41, 5.74) is 1.69. The van der Waals surface area contributed by atoms with Gasteiger partial charge in [-0.05, 0) is 36.8 Å². The van der Waals surface area contributed by atoms with Gasteiger partial charge in [0.05, 0.1) is 5.52 Å². The zero-order chi connectivity index (χ0) is 14.0. The maximum atomic E-state index is 12.2. The van der Waals surface area contributed by atoms with Crippen molar-refractivity contribution < 1.29 is 4.79 Å². The van der Waals surface area contributed by atoms with Crippen molar-refractivity contribution in [3.8, 4) is 0 Å². The van der Waals surface area contributed by atoms with E-state index in [1.807, 2.05) is 30.3 Å². The molecule has 1 heterocycles. The van der Waals surface area contributed by atoms with Crippen molar-refractivity contribution in [1.29, 1.82) is 0 Å². The number of para-hydroxylation sites is 1. The first-order valence-corrected chi connectivity index (χ1v) is 8.05. The number of carbonyl (C=O) groups is 1. The van der Waals surface area contributed by atoms with E-state index in [4.69, 9.17) is 0 Å². The Morgan fingerprint density at radius 1 is 1.25 bits per heavy atom. The minimum absolute atomic E-state index is 0.0726. The molecule has 20 heavy (non-hydrogen) atoms. The van der Waals surface area contributed by atoms with Crippen LogP contribution in [0.5, 0.6) is 0 Å². The summed E-state index contributed by atoms with van der Waals surface area (Å²) < 4.78 is 0. The zero-order valence-electron chi connectivity index (χ0n) is 11.2. The number of rotatable bonds is 5. The van der Waals surface area contributed by atoms with Gasteiger partial charge >= 0.3 is 0 Å². The van der Waals surface area contributed by atoms with Gasteiger partial charge in [-0.25, -0.2) is 4.98 Å². The highest BCUT2D eigenvalue weighted by Gasteiger charge is 2.41. The fraction of sp³-hybridized carbons (Fsp3) is 0.375. The molecule has 1 aromatic carbocycles. The van der Waals surface area contributed by atoms with Crippen molar-refractivity contribution in [3.05, 3.63) is 42.1 Å². The quantitative estimate of drug-likeness (QED) is 0.851. The van der Waals surface area contributed by atoms with Crippen molar-refractivity contribution >= 4 is 32.7 Å². The summed E-state index contributed by atoms with van der Waals surface area (Å²) in [5.74, 6) is -0.0726. The second-order valence-electron chi connectivity index (χ2n) is 5.51. The van der Waals surface area contributed by atoms with Crippen LogP contribution in [0.4, 0.5) is 0 Å². The van der Waals surface area contributed by atoms with E-state index < -0.39 is 0 Å². The molecule has 0 unspecified atom stereocenters. The lowest BCUT2D eigenvalue weighted by Gasteiger charge is -2.14. The van der Waals surface area contributed by atoms with Crippen molar-refractivity contribution in [2.24, 2.45) is 5.41 Å². The van der Waals surface area contributed by atoms with Gasteiger partial charge in [0.1, 0.15) is 5.69 Å². The van der Waals surface area contributed by atoms with Gasteiger partial charge in [0.15, 0.2) is 0 Å². The first kappa shape index (κ1) is 13.6. The number of hydrogen-bond donors (Lipinski definition) is 1. The number of hydrogen-bond acceptors (Lipinski definition) is 2. The standard InChI is InChI=1S/C16H17BrN2O/c17-10-9-16(7-8-16)11-18-15(20)14-6-5-12-3-1-2-4-13(12)19-14/h1-6H,7-11H2,(H,18,20). The maximum absolute atomic E-state index is 12.2. The number of carbonyl (C=O) groups excluding carboxylic acids is 1. The van der Waals surface area contributed by atoms with Crippen LogP contribution in [0.15, 0.2) is 36.4 Å². The number of alkyl halides is 1. The van der Waals surface area contributed by atoms with Crippen LogP contribution in [-0.4, -0.2) is 22.8 Å². The Balaban J connectivity index is 1.69. The molecule has 1 fully saturated rings. The lowest BCUT2D eigenvalue weighted by atomic mass is 10.0. The molecule has 0 atom stereocenters. The van der Waals surface area contributed by atoms with Crippen molar-refractivity contribution in [2.45, 2.75) is 19.3 Å². The lowest BCUT2D eigenvalue weighted by molar-refractivity contribution is 0.0940. The number of nitrogens with one attached hydrogen (secondary N) is 1. The van der Waals surface area contributed by atoms with E-state index in [0.29, 0.717) is 11.1 Å². The Bertz CT molecular complexity index is 637. The van der Waals surface area contributed by atoms with Crippen LogP contribution in [0.2, 0.25) is 0 Å². The molecule has 1 amide bonds. The largest absolute Gasteiger partial charge is 0.350 e. The third kappa shape index (κ3) is 2.85. The van der Waals surface area contributed by atoms with Gasteiger partial charge in [0.25, 0.3) is 5.91 Å². The molecule has 1 aliphatic rings. The minimum atomic E-state index is -0.0726. The van der Waals surface area contributed by atoms with Crippen LogP contribution < -0.4 is 5.32 Å². The molecule has 0 radical (unpaired) electrons. The lowest BCUT2D eigenvalue weighted by Crippen LogP contribution is -2.31. The molecule has 4 heteroatoms. The van der Waals surface area contributed by atoms with Crippen LogP contribution in [-0.2, 0) is 0 Å². The topological polar surface area (TPSA) is 42.0 Å². The SMILES string of the molecule is O=C(NCC1(CCBr)CC1)c1ccc2ccccc2n1. The molecule has 2 aromatic rings. The van der Waals surface area contributed by atoms with Gasteiger partial charge in [0, 0.05) is 17.3 Å². The molecule has 3 rings (SSSR count). The molecular weight excluding hydrogens is 316 g/mol. The number of benzene rings is 1. The number of amides is 1. The molecular formula is C16H17BrN2O. The summed E-state index contributed by atoms with van der Waals surface area (Å²) in [7, 11) is 0. The normalized spacial score (nSPS) is 16.1. The van der Waals surface area contributed by atoms with Crippen molar-refractivity contribution in [1.82, 2.24) is 10.3 Å². The third-order valence-corrected chi connectivity index (χ3v) is 4.43. The Morgan fingerprint density at radius 3 is 2.80 bits per heavy atom. The average molecular weight is 333 g/mol. The van der Waals surface area contributed by atoms with E-state index in [-0.39, 0.29) is 5.91 Å². The zero-order valence-corrected chi connectivity index (χ0v) is 12.8. The number of halogens is 1. The first-order chi connectivity index (χ1) is 9.72. The van der Waals surface area contributed by atoms with Crippen LogP contribution in [0.1, 0.15) is 29.8 Å². The Morgan fingerprint density at radius 2 is 2.05 bits per heavy atom. The molecule has 0 saturated heterocycles. The summed E-state index contributed by atoms with van der Waals surface area (Å²) in [6.45, 7) is 0.756. The molecule has 1 N–H and O–H groups in total. The third-order valence-electron chi connectivity index (χ3n) is 4.04. The maximum Gasteiger partial charge on any atom is 0.269 e. The van der Waals surface area contributed by atoms with E-state index >= 15 is 0 Å². The van der Waals surface area contributed by atoms with Gasteiger partial charge < -0.3 is 5.32 Å². The second kappa shape index (κ2) is 5.52. The molecule has 1 aromatic heterocycles. The number of aromatic nitrogens is 1. The van der Waals surface area contributed by atoms with Gasteiger partial charge in [0.2, 0.25) is 0 Å². The molecule has 0 aliphatic heterocycles. The second-order valence-corrected chi connectivity index (χ2v) is 6.30. The van der Waals surface area contributed by atoms with E-state index in [0.717, 1.165) is 29.2 Å². The van der Waals surface area contributed by atoms with Crippen LogP contribution in [0.25, 0.3) is 10.9 Å². The smallest absolute Gasteiger partial charge is 0.269 e. The summed E-state index contributed by atoms with van der Waals surface area (Å²) in [6.07, 6.45) is 3.55. The summed E-state index contributed by atoms with van der Waals surface area (Å²) in [5, 5.41) is 5.08. The summed E-state index contributed by atoms with van der Waals surface area (Å²) >= 11 is 3.48. The Labute approximate surface area is 126 Å². The fourth-order valence-electron chi connectivity index (χ4n) is 2.44. The summed E-state index contributed by atoms with van der Waals surface area (Å²) in [4.78, 5) is 16.6. The predicted octanol–water partition coefficient (Wildman–Crippen LogP) is 3.53. The highest BCUT2D eigenvalue weighted by atomic mass is 79.9. The van der Waals surface area contributed by atoms with E-state index in [1.54, 1.807) is 6.07 Å². The van der Waals surface area contributed by atoms with Gasteiger partial charge in [-0.1, -0.05) is 40.2 Å². The van der Waals surface area contributed by atoms with Gasteiger partial charge in [-0.15, -0.1) is 0 Å². The Kier molecular flexibility index (Phi) is 3.74. The van der Waals surface area contributed by atoms with Gasteiger partial charge in [-0.2, -0.15) is 0 Å². The molecule has 1 aliphatic carbocycles. The van der Waals surface area contributed by atoms with E-state index in [9.17, 15) is 4.79 Å². The van der Waals surface area contributed by atoms with Gasteiger partial charge in [-0.3, -0.25) is 4.79 Å². The average Bonchev–Trinajstić information content (AvgIpc) is 3.25.